The first-order valence-corrected chi connectivity index (χ1v) is 12.4. The fourth-order valence-corrected chi connectivity index (χ4v) is 4.33. The third kappa shape index (κ3) is 6.86. The molecule has 3 rings (SSSR count). The summed E-state index contributed by atoms with van der Waals surface area (Å²) in [6.45, 7) is 5.75. The number of hydrogen-bond acceptors (Lipinski definition) is 2. The summed E-state index contributed by atoms with van der Waals surface area (Å²) in [7, 11) is 0. The summed E-state index contributed by atoms with van der Waals surface area (Å²) in [5.41, 5.74) is 2.32. The van der Waals surface area contributed by atoms with Crippen molar-refractivity contribution in [3.63, 3.8) is 0 Å². The lowest BCUT2D eigenvalue weighted by molar-refractivity contribution is -0.206. The SMILES string of the molecule is CCCCCCCC1COC(c2ccc(-c3ccc(CCCCC)c(F)c3F)cc2)OC1. The van der Waals surface area contributed by atoms with Crippen LogP contribution in [0.25, 0.3) is 11.1 Å². The number of unbranched alkanes of at least 4 members (excludes halogenated alkanes) is 6. The Morgan fingerprint density at radius 3 is 2.09 bits per heavy atom. The lowest BCUT2D eigenvalue weighted by Crippen LogP contribution is -2.27. The van der Waals surface area contributed by atoms with E-state index in [1.165, 1.54) is 32.1 Å². The molecule has 0 aliphatic carbocycles. The summed E-state index contributed by atoms with van der Waals surface area (Å²) in [4.78, 5) is 0. The van der Waals surface area contributed by atoms with E-state index in [-0.39, 0.29) is 6.29 Å². The predicted octanol–water partition coefficient (Wildman–Crippen LogP) is 8.39. The molecule has 0 bridgehead atoms. The molecule has 0 aromatic heterocycles. The second-order valence-corrected chi connectivity index (χ2v) is 9.05. The molecule has 0 radical (unpaired) electrons. The molecular weight excluding hydrogens is 406 g/mol. The maximum atomic E-state index is 14.7. The lowest BCUT2D eigenvalue weighted by atomic mass is 9.98. The van der Waals surface area contributed by atoms with Gasteiger partial charge in [-0.1, -0.05) is 95.2 Å². The van der Waals surface area contributed by atoms with Gasteiger partial charge in [-0.3, -0.25) is 0 Å². The Morgan fingerprint density at radius 1 is 0.750 bits per heavy atom. The van der Waals surface area contributed by atoms with Crippen molar-refractivity contribution in [1.29, 1.82) is 0 Å². The van der Waals surface area contributed by atoms with Gasteiger partial charge in [0.25, 0.3) is 0 Å². The molecule has 1 heterocycles. The third-order valence-corrected chi connectivity index (χ3v) is 6.39. The Bertz CT molecular complexity index is 811. The molecule has 1 aliphatic rings. The van der Waals surface area contributed by atoms with Crippen LogP contribution in [0, 0.1) is 17.6 Å². The van der Waals surface area contributed by atoms with Crippen LogP contribution < -0.4 is 0 Å². The maximum absolute atomic E-state index is 14.7. The van der Waals surface area contributed by atoms with Crippen molar-refractivity contribution in [2.45, 2.75) is 84.3 Å². The van der Waals surface area contributed by atoms with E-state index >= 15 is 0 Å². The Morgan fingerprint density at radius 2 is 1.41 bits per heavy atom. The summed E-state index contributed by atoms with van der Waals surface area (Å²) in [5.74, 6) is -1.03. The van der Waals surface area contributed by atoms with Gasteiger partial charge in [0.1, 0.15) is 0 Å². The molecule has 2 aromatic rings. The van der Waals surface area contributed by atoms with Crippen LogP contribution in [-0.4, -0.2) is 13.2 Å². The standard InChI is InChI=1S/C28H38F2O2/c1-3-5-7-8-10-11-21-19-31-28(32-20-21)24-15-13-22(14-16-24)25-18-17-23(12-9-6-4-2)26(29)27(25)30/h13-18,21,28H,3-12,19-20H2,1-2H3. The zero-order chi connectivity index (χ0) is 22.8. The Kier molecular flexibility index (Phi) is 10.1. The molecule has 0 amide bonds. The lowest BCUT2D eigenvalue weighted by Gasteiger charge is -2.29. The molecule has 1 fully saturated rings. The van der Waals surface area contributed by atoms with Gasteiger partial charge in [-0.2, -0.15) is 0 Å². The number of benzene rings is 2. The maximum Gasteiger partial charge on any atom is 0.183 e. The van der Waals surface area contributed by atoms with Gasteiger partial charge < -0.3 is 9.47 Å². The van der Waals surface area contributed by atoms with Gasteiger partial charge in [0.05, 0.1) is 13.2 Å². The minimum Gasteiger partial charge on any atom is -0.348 e. The highest BCUT2D eigenvalue weighted by molar-refractivity contribution is 5.65. The first-order valence-electron chi connectivity index (χ1n) is 12.4. The third-order valence-electron chi connectivity index (χ3n) is 6.39. The van der Waals surface area contributed by atoms with Gasteiger partial charge in [0.2, 0.25) is 0 Å². The van der Waals surface area contributed by atoms with Crippen molar-refractivity contribution in [3.8, 4) is 11.1 Å². The van der Waals surface area contributed by atoms with E-state index in [0.717, 1.165) is 31.2 Å². The molecule has 2 aromatic carbocycles. The topological polar surface area (TPSA) is 18.5 Å². The minimum absolute atomic E-state index is 0.293. The van der Waals surface area contributed by atoms with E-state index < -0.39 is 11.6 Å². The minimum atomic E-state index is -0.765. The first-order chi connectivity index (χ1) is 15.6. The molecule has 1 aliphatic heterocycles. The van der Waals surface area contributed by atoms with Gasteiger partial charge in [-0.25, -0.2) is 8.78 Å². The fraction of sp³-hybridized carbons (Fsp3) is 0.571. The van der Waals surface area contributed by atoms with Crippen molar-refractivity contribution < 1.29 is 18.3 Å². The molecular formula is C28H38F2O2. The fourth-order valence-electron chi connectivity index (χ4n) is 4.33. The smallest absolute Gasteiger partial charge is 0.183 e. The highest BCUT2D eigenvalue weighted by Crippen LogP contribution is 2.31. The number of ether oxygens (including phenoxy) is 2. The molecule has 0 unspecified atom stereocenters. The second kappa shape index (κ2) is 13.1. The molecule has 0 saturated carbocycles. The van der Waals surface area contributed by atoms with Crippen LogP contribution in [0.1, 0.15) is 89.1 Å². The summed E-state index contributed by atoms with van der Waals surface area (Å²) in [5, 5.41) is 0. The average Bonchev–Trinajstić information content (AvgIpc) is 2.82. The molecule has 1 saturated heterocycles. The number of hydrogen-bond donors (Lipinski definition) is 0. The summed E-state index contributed by atoms with van der Waals surface area (Å²) in [6, 6.07) is 10.8. The van der Waals surface area contributed by atoms with Gasteiger partial charge in [-0.05, 0) is 30.4 Å². The quantitative estimate of drug-likeness (QED) is 0.306. The highest BCUT2D eigenvalue weighted by Gasteiger charge is 2.23. The van der Waals surface area contributed by atoms with Gasteiger partial charge >= 0.3 is 0 Å². The van der Waals surface area contributed by atoms with Crippen LogP contribution in [0.3, 0.4) is 0 Å². The van der Waals surface area contributed by atoms with E-state index in [0.29, 0.717) is 42.2 Å². The summed E-state index contributed by atoms with van der Waals surface area (Å²) in [6.07, 6.45) is 10.7. The van der Waals surface area contributed by atoms with Crippen LogP contribution in [-0.2, 0) is 15.9 Å². The number of rotatable bonds is 12. The molecule has 0 spiro atoms. The first kappa shape index (κ1) is 24.9. The number of aryl methyl sites for hydroxylation is 1. The summed E-state index contributed by atoms with van der Waals surface area (Å²) < 4.78 is 41.1. The molecule has 2 nitrogen and oxygen atoms in total. The van der Waals surface area contributed by atoms with Crippen LogP contribution in [0.15, 0.2) is 36.4 Å². The van der Waals surface area contributed by atoms with Crippen LogP contribution in [0.2, 0.25) is 0 Å². The van der Waals surface area contributed by atoms with Gasteiger partial charge in [-0.15, -0.1) is 0 Å². The number of halogens is 2. The van der Waals surface area contributed by atoms with Crippen molar-refractivity contribution in [2.24, 2.45) is 5.92 Å². The van der Waals surface area contributed by atoms with Gasteiger partial charge in [0.15, 0.2) is 17.9 Å². The zero-order valence-electron chi connectivity index (χ0n) is 19.7. The van der Waals surface area contributed by atoms with Gasteiger partial charge in [0, 0.05) is 17.0 Å². The highest BCUT2D eigenvalue weighted by atomic mass is 19.2. The predicted molar refractivity (Wildman–Crippen MR) is 127 cm³/mol. The summed E-state index contributed by atoms with van der Waals surface area (Å²) >= 11 is 0. The van der Waals surface area contributed by atoms with Crippen molar-refractivity contribution >= 4 is 0 Å². The van der Waals surface area contributed by atoms with E-state index in [9.17, 15) is 8.78 Å². The average molecular weight is 445 g/mol. The molecule has 0 atom stereocenters. The molecule has 176 valence electrons. The van der Waals surface area contributed by atoms with Crippen molar-refractivity contribution in [3.05, 3.63) is 59.2 Å². The zero-order valence-corrected chi connectivity index (χ0v) is 19.7. The van der Waals surface area contributed by atoms with E-state index in [1.54, 1.807) is 12.1 Å². The monoisotopic (exact) mass is 444 g/mol. The van der Waals surface area contributed by atoms with E-state index in [2.05, 4.69) is 13.8 Å². The normalized spacial score (nSPS) is 18.8. The molecule has 0 N–H and O–H groups in total. The van der Waals surface area contributed by atoms with Crippen molar-refractivity contribution in [2.75, 3.05) is 13.2 Å². The van der Waals surface area contributed by atoms with Crippen molar-refractivity contribution in [1.82, 2.24) is 0 Å². The van der Waals surface area contributed by atoms with E-state index in [1.807, 2.05) is 24.3 Å². The van der Waals surface area contributed by atoms with Crippen LogP contribution in [0.4, 0.5) is 8.78 Å². The molecule has 4 heteroatoms. The Balaban J connectivity index is 1.54. The Hall–Kier alpha value is -1.78. The second-order valence-electron chi connectivity index (χ2n) is 9.05. The Labute approximate surface area is 192 Å². The van der Waals surface area contributed by atoms with Crippen LogP contribution in [0.5, 0.6) is 0 Å². The largest absolute Gasteiger partial charge is 0.348 e. The van der Waals surface area contributed by atoms with E-state index in [4.69, 9.17) is 9.47 Å². The van der Waals surface area contributed by atoms with Crippen LogP contribution >= 0.6 is 0 Å². The molecule has 32 heavy (non-hydrogen) atoms.